The highest BCUT2D eigenvalue weighted by atomic mass is 32.2. The van der Waals surface area contributed by atoms with Crippen molar-refractivity contribution in [3.8, 4) is 11.8 Å². The highest BCUT2D eigenvalue weighted by Crippen LogP contribution is 2.22. The molecule has 0 saturated carbocycles. The summed E-state index contributed by atoms with van der Waals surface area (Å²) in [4.78, 5) is 12.5. The molecule has 0 unspecified atom stereocenters. The second kappa shape index (κ2) is 10.2. The van der Waals surface area contributed by atoms with Crippen LogP contribution in [0.3, 0.4) is 0 Å². The number of hydrogen-bond donors (Lipinski definition) is 1. The number of carbonyl (C=O) groups is 1. The Morgan fingerprint density at radius 3 is 2.34 bits per heavy atom. The Bertz CT molecular complexity index is 1230. The third-order valence-corrected chi connectivity index (χ3v) is 6.26. The molecule has 0 aromatic heterocycles. The minimum absolute atomic E-state index is 0.0315. The van der Waals surface area contributed by atoms with Crippen molar-refractivity contribution in [2.75, 3.05) is 18.0 Å². The summed E-state index contributed by atoms with van der Waals surface area (Å²) in [5.74, 6) is 0.127. The summed E-state index contributed by atoms with van der Waals surface area (Å²) in [6.07, 6.45) is 1.47. The van der Waals surface area contributed by atoms with E-state index in [-0.39, 0.29) is 11.5 Å². The minimum Gasteiger partial charge on any atom is -0.479 e. The first-order valence-electron chi connectivity index (χ1n) is 9.49. The summed E-state index contributed by atoms with van der Waals surface area (Å²) in [5, 5.41) is 12.4. The van der Waals surface area contributed by atoms with Crippen molar-refractivity contribution in [1.82, 2.24) is 5.43 Å². The van der Waals surface area contributed by atoms with Gasteiger partial charge in [-0.1, -0.05) is 18.2 Å². The zero-order chi connectivity index (χ0) is 23.0. The van der Waals surface area contributed by atoms with E-state index >= 15 is 0 Å². The number of hydrogen-bond acceptors (Lipinski definition) is 6. The van der Waals surface area contributed by atoms with Gasteiger partial charge >= 0.3 is 0 Å². The first kappa shape index (κ1) is 22.5. The monoisotopic (exact) mass is 448 g/mol. The van der Waals surface area contributed by atoms with Crippen LogP contribution in [0, 0.1) is 11.3 Å². The van der Waals surface area contributed by atoms with Crippen LogP contribution in [-0.4, -0.2) is 34.2 Å². The fourth-order valence-electron chi connectivity index (χ4n) is 2.71. The number of benzene rings is 3. The number of ether oxygens (including phenoxy) is 1. The summed E-state index contributed by atoms with van der Waals surface area (Å²) < 4.78 is 31.7. The van der Waals surface area contributed by atoms with Gasteiger partial charge in [0.05, 0.1) is 16.8 Å². The molecule has 3 aromatic rings. The molecule has 0 saturated heterocycles. The number of nitriles is 1. The van der Waals surface area contributed by atoms with Crippen LogP contribution >= 0.6 is 0 Å². The molecule has 0 atom stereocenters. The van der Waals surface area contributed by atoms with Crippen molar-refractivity contribution in [3.63, 3.8) is 0 Å². The van der Waals surface area contributed by atoms with Crippen molar-refractivity contribution in [2.45, 2.75) is 4.90 Å². The Hall–Kier alpha value is -4.16. The Balaban J connectivity index is 1.61. The maximum Gasteiger partial charge on any atom is 0.271 e. The Morgan fingerprint density at radius 1 is 1.06 bits per heavy atom. The van der Waals surface area contributed by atoms with Crippen LogP contribution in [-0.2, 0) is 10.0 Å². The van der Waals surface area contributed by atoms with Gasteiger partial charge in [-0.05, 0) is 66.2 Å². The fourth-order valence-corrected chi connectivity index (χ4v) is 3.92. The van der Waals surface area contributed by atoms with E-state index in [1.54, 1.807) is 54.6 Å². The number of nitrogens with one attached hydrogen (secondary N) is 1. The number of amides is 1. The zero-order valence-electron chi connectivity index (χ0n) is 17.2. The highest BCUT2D eigenvalue weighted by molar-refractivity contribution is 7.92. The first-order valence-corrected chi connectivity index (χ1v) is 10.9. The van der Waals surface area contributed by atoms with Gasteiger partial charge in [-0.2, -0.15) is 10.4 Å². The van der Waals surface area contributed by atoms with Crippen LogP contribution in [0.25, 0.3) is 0 Å². The van der Waals surface area contributed by atoms with E-state index in [0.29, 0.717) is 17.0 Å². The van der Waals surface area contributed by atoms with Crippen molar-refractivity contribution in [3.05, 3.63) is 90.0 Å². The van der Waals surface area contributed by atoms with Gasteiger partial charge in [-0.15, -0.1) is 0 Å². The van der Waals surface area contributed by atoms with E-state index in [9.17, 15) is 13.2 Å². The third-order valence-electron chi connectivity index (χ3n) is 4.46. The van der Waals surface area contributed by atoms with E-state index in [2.05, 4.69) is 10.5 Å². The molecule has 0 radical (unpaired) electrons. The van der Waals surface area contributed by atoms with Gasteiger partial charge in [0, 0.05) is 12.6 Å². The Kier molecular flexibility index (Phi) is 7.21. The lowest BCUT2D eigenvalue weighted by molar-refractivity contribution is 0.0955. The lowest BCUT2D eigenvalue weighted by Gasteiger charge is -2.19. The molecule has 0 heterocycles. The van der Waals surface area contributed by atoms with Gasteiger partial charge in [0.25, 0.3) is 15.9 Å². The number of anilines is 1. The second-order valence-corrected chi connectivity index (χ2v) is 8.52. The van der Waals surface area contributed by atoms with E-state index in [4.69, 9.17) is 10.00 Å². The van der Waals surface area contributed by atoms with Crippen molar-refractivity contribution < 1.29 is 17.9 Å². The SMILES string of the molecule is CN(c1ccc(C(=O)N/N=C\c2ccc(OCC#N)cc2)cc1)S(=O)(=O)c1ccccc1. The molecule has 0 fully saturated rings. The Morgan fingerprint density at radius 2 is 1.72 bits per heavy atom. The predicted molar refractivity (Wildman–Crippen MR) is 121 cm³/mol. The standard InChI is InChI=1S/C23H20N4O4S/c1-27(32(29,30)22-5-3-2-4-6-22)20-11-9-19(10-12-20)23(28)26-25-17-18-7-13-21(14-8-18)31-16-15-24/h2-14,17H,16H2,1H3,(H,26,28)/b25-17-. The normalized spacial score (nSPS) is 11.0. The molecule has 0 bridgehead atoms. The average Bonchev–Trinajstić information content (AvgIpc) is 2.83. The van der Waals surface area contributed by atoms with Crippen LogP contribution in [0.15, 0.2) is 88.9 Å². The number of nitrogens with zero attached hydrogens (tertiary/aromatic N) is 3. The molecule has 0 aliphatic rings. The van der Waals surface area contributed by atoms with Crippen LogP contribution < -0.4 is 14.5 Å². The quantitative estimate of drug-likeness (QED) is 0.420. The summed E-state index contributed by atoms with van der Waals surface area (Å²) in [7, 11) is -2.24. The number of rotatable bonds is 8. The molecule has 0 aliphatic heterocycles. The minimum atomic E-state index is -3.69. The molecule has 0 spiro atoms. The van der Waals surface area contributed by atoms with Crippen molar-refractivity contribution in [2.24, 2.45) is 5.10 Å². The van der Waals surface area contributed by atoms with E-state index in [1.807, 2.05) is 6.07 Å². The van der Waals surface area contributed by atoms with Crippen molar-refractivity contribution in [1.29, 1.82) is 5.26 Å². The van der Waals surface area contributed by atoms with Crippen LogP contribution in [0.4, 0.5) is 5.69 Å². The van der Waals surface area contributed by atoms with Gasteiger partial charge in [0.15, 0.2) is 6.61 Å². The van der Waals surface area contributed by atoms with Gasteiger partial charge < -0.3 is 4.74 Å². The van der Waals surface area contributed by atoms with Gasteiger partial charge in [0.1, 0.15) is 11.8 Å². The predicted octanol–water partition coefficient (Wildman–Crippen LogP) is 3.18. The average molecular weight is 449 g/mol. The molecule has 162 valence electrons. The van der Waals surface area contributed by atoms with E-state index in [1.165, 1.54) is 37.5 Å². The topological polar surface area (TPSA) is 112 Å². The molecule has 0 aliphatic carbocycles. The zero-order valence-corrected chi connectivity index (χ0v) is 18.0. The maximum absolute atomic E-state index is 12.7. The molecule has 8 nitrogen and oxygen atoms in total. The smallest absolute Gasteiger partial charge is 0.271 e. The summed E-state index contributed by atoms with van der Waals surface area (Å²) in [6.45, 7) is -0.0315. The van der Waals surface area contributed by atoms with E-state index in [0.717, 1.165) is 9.87 Å². The van der Waals surface area contributed by atoms with Crippen LogP contribution in [0.1, 0.15) is 15.9 Å². The largest absolute Gasteiger partial charge is 0.479 e. The lowest BCUT2D eigenvalue weighted by Crippen LogP contribution is -2.26. The molecular formula is C23H20N4O4S. The molecule has 3 aromatic carbocycles. The third kappa shape index (κ3) is 5.50. The lowest BCUT2D eigenvalue weighted by atomic mass is 10.2. The number of sulfonamides is 1. The molecule has 32 heavy (non-hydrogen) atoms. The summed E-state index contributed by atoms with van der Waals surface area (Å²) >= 11 is 0. The molecular weight excluding hydrogens is 428 g/mol. The fraction of sp³-hybridized carbons (Fsp3) is 0.0870. The molecule has 1 N–H and O–H groups in total. The Labute approximate surface area is 186 Å². The van der Waals surface area contributed by atoms with Crippen LogP contribution in [0.5, 0.6) is 5.75 Å². The van der Waals surface area contributed by atoms with Crippen molar-refractivity contribution >= 4 is 27.8 Å². The van der Waals surface area contributed by atoms with Gasteiger partial charge in [-0.3, -0.25) is 9.10 Å². The summed E-state index contributed by atoms with van der Waals surface area (Å²) in [5.41, 5.74) is 3.91. The molecule has 3 rings (SSSR count). The van der Waals surface area contributed by atoms with Crippen LogP contribution in [0.2, 0.25) is 0 Å². The maximum atomic E-state index is 12.7. The van der Waals surface area contributed by atoms with Gasteiger partial charge in [0.2, 0.25) is 0 Å². The highest BCUT2D eigenvalue weighted by Gasteiger charge is 2.21. The molecule has 1 amide bonds. The summed E-state index contributed by atoms with van der Waals surface area (Å²) in [6, 6.07) is 23.0. The second-order valence-electron chi connectivity index (χ2n) is 6.55. The van der Waals surface area contributed by atoms with Gasteiger partial charge in [-0.25, -0.2) is 13.8 Å². The van der Waals surface area contributed by atoms with E-state index < -0.39 is 15.9 Å². The number of hydrazone groups is 1. The first-order chi connectivity index (χ1) is 15.4. The molecule has 9 heteroatoms. The number of carbonyl (C=O) groups excluding carboxylic acids is 1.